The van der Waals surface area contributed by atoms with Crippen molar-refractivity contribution in [3.63, 3.8) is 0 Å². The van der Waals surface area contributed by atoms with Crippen molar-refractivity contribution in [2.75, 3.05) is 30.3 Å². The lowest BCUT2D eigenvalue weighted by Crippen LogP contribution is -2.65. The smallest absolute Gasteiger partial charge is 0.407 e. The number of benzene rings is 1. The van der Waals surface area contributed by atoms with E-state index in [1.54, 1.807) is 12.1 Å². The van der Waals surface area contributed by atoms with E-state index in [1.807, 2.05) is 4.90 Å². The predicted octanol–water partition coefficient (Wildman–Crippen LogP) is 2.13. The molecule has 0 aliphatic carbocycles. The molecule has 0 bridgehead atoms. The van der Waals surface area contributed by atoms with Crippen LogP contribution in [0.2, 0.25) is 0 Å². The summed E-state index contributed by atoms with van der Waals surface area (Å²) in [5, 5.41) is 9.15. The maximum Gasteiger partial charge on any atom is 0.407 e. The number of carbonyl (C=O) groups is 1. The number of para-hydroxylation sites is 1. The van der Waals surface area contributed by atoms with Gasteiger partial charge in [0.1, 0.15) is 5.82 Å². The number of rotatable bonds is 1. The number of hydrogen-bond acceptors (Lipinski definition) is 3. The van der Waals surface area contributed by atoms with Gasteiger partial charge in [-0.3, -0.25) is 0 Å². The van der Waals surface area contributed by atoms with E-state index in [1.165, 1.54) is 11.0 Å². The van der Waals surface area contributed by atoms with E-state index >= 15 is 0 Å². The summed E-state index contributed by atoms with van der Waals surface area (Å²) in [4.78, 5) is 14.6. The van der Waals surface area contributed by atoms with Gasteiger partial charge in [0.15, 0.2) is 0 Å². The van der Waals surface area contributed by atoms with Crippen molar-refractivity contribution in [1.82, 2.24) is 4.90 Å². The van der Waals surface area contributed by atoms with E-state index < -0.39 is 6.09 Å². The van der Waals surface area contributed by atoms with E-state index in [-0.39, 0.29) is 11.4 Å². The van der Waals surface area contributed by atoms with Crippen LogP contribution in [0.25, 0.3) is 0 Å². The molecular formula is C14H18FN3O2. The molecule has 0 aromatic heterocycles. The van der Waals surface area contributed by atoms with Crippen LogP contribution in [0.1, 0.15) is 19.3 Å². The van der Waals surface area contributed by atoms with Crippen LogP contribution >= 0.6 is 0 Å². The molecule has 0 radical (unpaired) electrons. The van der Waals surface area contributed by atoms with Gasteiger partial charge in [0.2, 0.25) is 0 Å². The zero-order valence-corrected chi connectivity index (χ0v) is 11.2. The van der Waals surface area contributed by atoms with Crippen LogP contribution in [-0.2, 0) is 0 Å². The van der Waals surface area contributed by atoms with Crippen LogP contribution < -0.4 is 10.6 Å². The fourth-order valence-corrected chi connectivity index (χ4v) is 3.37. The van der Waals surface area contributed by atoms with Gasteiger partial charge in [-0.05, 0) is 31.4 Å². The first kappa shape index (κ1) is 13.0. The first-order valence-corrected chi connectivity index (χ1v) is 6.83. The lowest BCUT2D eigenvalue weighted by Gasteiger charge is -2.55. The third-order valence-corrected chi connectivity index (χ3v) is 4.63. The summed E-state index contributed by atoms with van der Waals surface area (Å²) in [6.07, 6.45) is 1.51. The van der Waals surface area contributed by atoms with Gasteiger partial charge in [0, 0.05) is 19.6 Å². The largest absolute Gasteiger partial charge is 0.465 e. The standard InChI is InChI=1S/C14H18FN3O2/c15-10-2-1-3-11(16)12(10)17-7-4-14(5-8-17)6-9-18(14)13(19)20/h1-3H,4-9,16H2,(H,19,20). The van der Waals surface area contributed by atoms with Crippen molar-refractivity contribution in [3.8, 4) is 0 Å². The summed E-state index contributed by atoms with van der Waals surface area (Å²) in [6, 6.07) is 4.69. The Labute approximate surface area is 116 Å². The molecule has 0 saturated carbocycles. The molecule has 2 fully saturated rings. The molecule has 2 saturated heterocycles. The number of nitrogens with zero attached hydrogens (tertiary/aromatic N) is 2. The predicted molar refractivity (Wildman–Crippen MR) is 74.3 cm³/mol. The highest BCUT2D eigenvalue weighted by molar-refractivity contribution is 5.69. The van der Waals surface area contributed by atoms with Crippen molar-refractivity contribution >= 4 is 17.5 Å². The number of likely N-dealkylation sites (tertiary alicyclic amines) is 1. The van der Waals surface area contributed by atoms with Gasteiger partial charge in [0.05, 0.1) is 16.9 Å². The first-order chi connectivity index (χ1) is 9.53. The normalized spacial score (nSPS) is 20.9. The fraction of sp³-hybridized carbons (Fsp3) is 0.500. The Hall–Kier alpha value is -1.98. The number of nitrogen functional groups attached to an aromatic ring is 1. The summed E-state index contributed by atoms with van der Waals surface area (Å²) in [5.41, 5.74) is 6.50. The van der Waals surface area contributed by atoms with Crippen LogP contribution in [0.5, 0.6) is 0 Å². The van der Waals surface area contributed by atoms with Crippen molar-refractivity contribution in [2.24, 2.45) is 0 Å². The number of carboxylic acid groups (broad SMARTS) is 1. The number of halogens is 1. The lowest BCUT2D eigenvalue weighted by atomic mass is 9.76. The van der Waals surface area contributed by atoms with Crippen molar-refractivity contribution < 1.29 is 14.3 Å². The van der Waals surface area contributed by atoms with Gasteiger partial charge < -0.3 is 20.6 Å². The lowest BCUT2D eigenvalue weighted by molar-refractivity contribution is -0.0160. The highest BCUT2D eigenvalue weighted by Crippen LogP contribution is 2.41. The molecule has 108 valence electrons. The topological polar surface area (TPSA) is 69.8 Å². The average molecular weight is 279 g/mol. The number of hydrogen-bond donors (Lipinski definition) is 2. The van der Waals surface area contributed by atoms with E-state index in [0.29, 0.717) is 31.0 Å². The van der Waals surface area contributed by atoms with Crippen LogP contribution in [-0.4, -0.2) is 41.3 Å². The van der Waals surface area contributed by atoms with Crippen LogP contribution in [0.15, 0.2) is 18.2 Å². The molecule has 2 aliphatic rings. The van der Waals surface area contributed by atoms with Crippen LogP contribution in [0, 0.1) is 5.82 Å². The molecule has 5 nitrogen and oxygen atoms in total. The van der Waals surface area contributed by atoms with Gasteiger partial charge in [-0.15, -0.1) is 0 Å². The molecule has 1 spiro atoms. The number of nitrogens with two attached hydrogens (primary N) is 1. The molecule has 1 aromatic carbocycles. The molecule has 2 aliphatic heterocycles. The van der Waals surface area contributed by atoms with E-state index in [2.05, 4.69) is 0 Å². The third kappa shape index (κ3) is 1.87. The number of piperidine rings is 1. The molecule has 1 amide bonds. The monoisotopic (exact) mass is 279 g/mol. The summed E-state index contributed by atoms with van der Waals surface area (Å²) >= 11 is 0. The van der Waals surface area contributed by atoms with Gasteiger partial charge >= 0.3 is 6.09 Å². The zero-order valence-electron chi connectivity index (χ0n) is 11.2. The van der Waals surface area contributed by atoms with Gasteiger partial charge in [0.25, 0.3) is 0 Å². The number of amides is 1. The van der Waals surface area contributed by atoms with Crippen LogP contribution in [0.3, 0.4) is 0 Å². The Bertz CT molecular complexity index is 521. The molecule has 0 unspecified atom stereocenters. The summed E-state index contributed by atoms with van der Waals surface area (Å²) in [7, 11) is 0. The summed E-state index contributed by atoms with van der Waals surface area (Å²) < 4.78 is 13.9. The van der Waals surface area contributed by atoms with Crippen LogP contribution in [0.4, 0.5) is 20.6 Å². The average Bonchev–Trinajstić information content (AvgIpc) is 2.37. The van der Waals surface area contributed by atoms with E-state index in [4.69, 9.17) is 10.8 Å². The molecular weight excluding hydrogens is 261 g/mol. The first-order valence-electron chi connectivity index (χ1n) is 6.83. The molecule has 2 heterocycles. The molecule has 20 heavy (non-hydrogen) atoms. The van der Waals surface area contributed by atoms with Gasteiger partial charge in [-0.2, -0.15) is 0 Å². The Morgan fingerprint density at radius 2 is 1.90 bits per heavy atom. The Kier molecular flexibility index (Phi) is 2.96. The van der Waals surface area contributed by atoms with E-state index in [0.717, 1.165) is 19.3 Å². The van der Waals surface area contributed by atoms with Crippen molar-refractivity contribution in [1.29, 1.82) is 0 Å². The second-order valence-electron chi connectivity index (χ2n) is 5.57. The van der Waals surface area contributed by atoms with Gasteiger partial charge in [-0.1, -0.05) is 6.07 Å². The minimum absolute atomic E-state index is 0.234. The van der Waals surface area contributed by atoms with Crippen molar-refractivity contribution in [2.45, 2.75) is 24.8 Å². The Balaban J connectivity index is 1.75. The molecule has 6 heteroatoms. The quantitative estimate of drug-likeness (QED) is 0.773. The van der Waals surface area contributed by atoms with E-state index in [9.17, 15) is 9.18 Å². The third-order valence-electron chi connectivity index (χ3n) is 4.63. The number of anilines is 2. The maximum atomic E-state index is 13.9. The summed E-state index contributed by atoms with van der Waals surface area (Å²) in [6.45, 7) is 1.88. The Morgan fingerprint density at radius 3 is 2.40 bits per heavy atom. The summed E-state index contributed by atoms with van der Waals surface area (Å²) in [5.74, 6) is -0.315. The molecule has 3 N–H and O–H groups in total. The zero-order chi connectivity index (χ0) is 14.3. The molecule has 3 rings (SSSR count). The second kappa shape index (κ2) is 4.54. The Morgan fingerprint density at radius 1 is 1.25 bits per heavy atom. The minimum Gasteiger partial charge on any atom is -0.465 e. The minimum atomic E-state index is -0.852. The SMILES string of the molecule is Nc1cccc(F)c1N1CCC2(CC1)CCN2C(=O)O. The van der Waals surface area contributed by atoms with Crippen molar-refractivity contribution in [3.05, 3.63) is 24.0 Å². The second-order valence-corrected chi connectivity index (χ2v) is 5.57. The maximum absolute atomic E-state index is 13.9. The highest BCUT2D eigenvalue weighted by Gasteiger charge is 2.49. The van der Waals surface area contributed by atoms with Gasteiger partial charge in [-0.25, -0.2) is 9.18 Å². The highest BCUT2D eigenvalue weighted by atomic mass is 19.1. The fourth-order valence-electron chi connectivity index (χ4n) is 3.37. The molecule has 1 aromatic rings. The molecule has 0 atom stereocenters.